The number of para-hydroxylation sites is 1. The molecule has 0 fully saturated rings. The summed E-state index contributed by atoms with van der Waals surface area (Å²) >= 11 is 0. The van der Waals surface area contributed by atoms with Gasteiger partial charge in [0.25, 0.3) is 0 Å². The lowest BCUT2D eigenvalue weighted by Gasteiger charge is -2.01. The lowest BCUT2D eigenvalue weighted by Crippen LogP contribution is -1.93. The zero-order valence-electron chi connectivity index (χ0n) is 9.40. The van der Waals surface area contributed by atoms with Gasteiger partial charge >= 0.3 is 0 Å². The Hall–Kier alpha value is -1.50. The molecule has 0 saturated carbocycles. The highest BCUT2D eigenvalue weighted by atomic mass is 14.9. The second-order valence-corrected chi connectivity index (χ2v) is 3.88. The summed E-state index contributed by atoms with van der Waals surface area (Å²) in [5.41, 5.74) is 2.71. The topological polar surface area (TPSA) is 4.93 Å². The van der Waals surface area contributed by atoms with Crippen molar-refractivity contribution in [1.29, 1.82) is 0 Å². The third kappa shape index (κ3) is 1.96. The summed E-state index contributed by atoms with van der Waals surface area (Å²) in [4.78, 5) is 0. The number of hydrogen-bond donors (Lipinski definition) is 0. The summed E-state index contributed by atoms with van der Waals surface area (Å²) in [6, 6.07) is 8.59. The van der Waals surface area contributed by atoms with Crippen LogP contribution in [0.4, 0.5) is 0 Å². The van der Waals surface area contributed by atoms with Crippen LogP contribution in [0.5, 0.6) is 0 Å². The summed E-state index contributed by atoms with van der Waals surface area (Å²) in [7, 11) is 0. The smallest absolute Gasteiger partial charge is 0.0483 e. The monoisotopic (exact) mass is 199 g/mol. The largest absolute Gasteiger partial charge is 0.347 e. The first-order valence-electron chi connectivity index (χ1n) is 5.48. The molecule has 2 aromatic rings. The molecule has 0 aliphatic carbocycles. The molecule has 0 unspecified atom stereocenters. The zero-order chi connectivity index (χ0) is 10.7. The fourth-order valence-corrected chi connectivity index (χ4v) is 2.00. The van der Waals surface area contributed by atoms with E-state index in [9.17, 15) is 0 Å². The van der Waals surface area contributed by atoms with Crippen molar-refractivity contribution in [3.05, 3.63) is 48.2 Å². The summed E-state index contributed by atoms with van der Waals surface area (Å²) < 4.78 is 2.34. The summed E-state index contributed by atoms with van der Waals surface area (Å²) in [5.74, 6) is 0. The highest BCUT2D eigenvalue weighted by molar-refractivity contribution is 5.83. The van der Waals surface area contributed by atoms with Crippen molar-refractivity contribution in [2.24, 2.45) is 0 Å². The fourth-order valence-electron chi connectivity index (χ4n) is 2.00. The molecule has 0 N–H and O–H groups in total. The van der Waals surface area contributed by atoms with Gasteiger partial charge in [0, 0.05) is 23.6 Å². The number of rotatable bonds is 3. The first kappa shape index (κ1) is 10.0. The summed E-state index contributed by atoms with van der Waals surface area (Å²) in [5, 5.41) is 1.37. The molecule has 2 rings (SSSR count). The molecule has 1 aromatic carbocycles. The summed E-state index contributed by atoms with van der Waals surface area (Å²) in [6.45, 7) is 5.31. The molecule has 0 radical (unpaired) electrons. The van der Waals surface area contributed by atoms with Crippen LogP contribution in [0.15, 0.2) is 42.6 Å². The van der Waals surface area contributed by atoms with Crippen molar-refractivity contribution in [1.82, 2.24) is 4.57 Å². The van der Waals surface area contributed by atoms with Crippen molar-refractivity contribution in [3.63, 3.8) is 0 Å². The maximum atomic E-state index is 2.34. The number of aromatic nitrogens is 1. The average Bonchev–Trinajstić information content (AvgIpc) is 2.58. The molecule has 1 nitrogen and oxygen atoms in total. The molecule has 1 heteroatoms. The molecule has 0 spiro atoms. The lowest BCUT2D eigenvalue weighted by atomic mass is 10.2. The molecule has 0 aliphatic heterocycles. The van der Waals surface area contributed by atoms with Crippen LogP contribution in [0.3, 0.4) is 0 Å². The molecule has 0 amide bonds. The second-order valence-electron chi connectivity index (χ2n) is 3.88. The van der Waals surface area contributed by atoms with Gasteiger partial charge in [-0.3, -0.25) is 0 Å². The van der Waals surface area contributed by atoms with Gasteiger partial charge in [0.1, 0.15) is 0 Å². The lowest BCUT2D eigenvalue weighted by molar-refractivity contribution is 0.736. The van der Waals surface area contributed by atoms with E-state index in [-0.39, 0.29) is 0 Å². The Morgan fingerprint density at radius 1 is 1.27 bits per heavy atom. The predicted molar refractivity (Wildman–Crippen MR) is 66.1 cm³/mol. The van der Waals surface area contributed by atoms with Gasteiger partial charge in [0.05, 0.1) is 0 Å². The van der Waals surface area contributed by atoms with Gasteiger partial charge in [-0.2, -0.15) is 0 Å². The first-order chi connectivity index (χ1) is 7.33. The quantitative estimate of drug-likeness (QED) is 0.660. The Labute approximate surface area is 91.0 Å². The third-order valence-electron chi connectivity index (χ3n) is 2.76. The number of fused-ring (bicyclic) bond motifs is 1. The molecular weight excluding hydrogens is 182 g/mol. The van der Waals surface area contributed by atoms with Crippen LogP contribution < -0.4 is 0 Å². The SMILES string of the molecule is C/C=C/CCn1cc(C)c2ccccc21. The molecule has 0 atom stereocenters. The Morgan fingerprint density at radius 3 is 2.87 bits per heavy atom. The van der Waals surface area contributed by atoms with Crippen molar-refractivity contribution in [2.75, 3.05) is 0 Å². The van der Waals surface area contributed by atoms with Gasteiger partial charge in [0.2, 0.25) is 0 Å². The molecule has 78 valence electrons. The van der Waals surface area contributed by atoms with E-state index in [1.807, 2.05) is 0 Å². The van der Waals surface area contributed by atoms with Crippen LogP contribution in [0.1, 0.15) is 18.9 Å². The normalized spacial score (nSPS) is 11.6. The Morgan fingerprint density at radius 2 is 2.07 bits per heavy atom. The average molecular weight is 199 g/mol. The van der Waals surface area contributed by atoms with Gasteiger partial charge in [0.15, 0.2) is 0 Å². The van der Waals surface area contributed by atoms with Crippen LogP contribution in [0.2, 0.25) is 0 Å². The standard InChI is InChI=1S/C14H17N/c1-3-4-7-10-15-11-12(2)13-8-5-6-9-14(13)15/h3-6,8-9,11H,7,10H2,1-2H3/b4-3+. The summed E-state index contributed by atoms with van der Waals surface area (Å²) in [6.07, 6.45) is 7.67. The van der Waals surface area contributed by atoms with Crippen LogP contribution in [-0.4, -0.2) is 4.57 Å². The van der Waals surface area contributed by atoms with Crippen LogP contribution in [0.25, 0.3) is 10.9 Å². The number of aryl methyl sites for hydroxylation is 2. The Balaban J connectivity index is 2.35. The van der Waals surface area contributed by atoms with E-state index < -0.39 is 0 Å². The van der Waals surface area contributed by atoms with Gasteiger partial charge in [-0.25, -0.2) is 0 Å². The minimum atomic E-state index is 1.07. The van der Waals surface area contributed by atoms with Crippen molar-refractivity contribution in [3.8, 4) is 0 Å². The number of nitrogens with zero attached hydrogens (tertiary/aromatic N) is 1. The number of allylic oxidation sites excluding steroid dienone is 2. The minimum absolute atomic E-state index is 1.07. The van der Waals surface area contributed by atoms with Gasteiger partial charge in [-0.15, -0.1) is 0 Å². The molecular formula is C14H17N. The van der Waals surface area contributed by atoms with Crippen LogP contribution in [-0.2, 0) is 6.54 Å². The maximum absolute atomic E-state index is 2.34. The molecule has 0 bridgehead atoms. The van der Waals surface area contributed by atoms with E-state index in [1.54, 1.807) is 0 Å². The molecule has 1 heterocycles. The van der Waals surface area contributed by atoms with Crippen LogP contribution in [0, 0.1) is 6.92 Å². The van der Waals surface area contributed by atoms with E-state index in [0.717, 1.165) is 13.0 Å². The highest BCUT2D eigenvalue weighted by Gasteiger charge is 2.02. The highest BCUT2D eigenvalue weighted by Crippen LogP contribution is 2.20. The molecule has 15 heavy (non-hydrogen) atoms. The van der Waals surface area contributed by atoms with E-state index in [1.165, 1.54) is 16.5 Å². The Bertz CT molecular complexity index is 477. The predicted octanol–water partition coefficient (Wildman–Crippen LogP) is 3.92. The fraction of sp³-hybridized carbons (Fsp3) is 0.286. The molecule has 0 aliphatic rings. The number of hydrogen-bond acceptors (Lipinski definition) is 0. The maximum Gasteiger partial charge on any atom is 0.0483 e. The molecule has 0 saturated heterocycles. The van der Waals surface area contributed by atoms with Crippen molar-refractivity contribution >= 4 is 10.9 Å². The first-order valence-corrected chi connectivity index (χ1v) is 5.48. The van der Waals surface area contributed by atoms with Gasteiger partial charge < -0.3 is 4.57 Å². The van der Waals surface area contributed by atoms with Crippen molar-refractivity contribution in [2.45, 2.75) is 26.8 Å². The Kier molecular flexibility index (Phi) is 2.91. The van der Waals surface area contributed by atoms with E-state index in [4.69, 9.17) is 0 Å². The minimum Gasteiger partial charge on any atom is -0.347 e. The van der Waals surface area contributed by atoms with E-state index in [0.29, 0.717) is 0 Å². The second kappa shape index (κ2) is 4.35. The number of benzene rings is 1. The third-order valence-corrected chi connectivity index (χ3v) is 2.76. The van der Waals surface area contributed by atoms with Gasteiger partial charge in [-0.1, -0.05) is 30.4 Å². The molecule has 1 aromatic heterocycles. The van der Waals surface area contributed by atoms with E-state index >= 15 is 0 Å². The van der Waals surface area contributed by atoms with Crippen LogP contribution >= 0.6 is 0 Å². The van der Waals surface area contributed by atoms with Gasteiger partial charge in [-0.05, 0) is 31.9 Å². The van der Waals surface area contributed by atoms with Crippen molar-refractivity contribution < 1.29 is 0 Å². The zero-order valence-corrected chi connectivity index (χ0v) is 9.40. The van der Waals surface area contributed by atoms with E-state index in [2.05, 4.69) is 61.0 Å².